The lowest BCUT2D eigenvalue weighted by atomic mass is 10.3. The highest BCUT2D eigenvalue weighted by atomic mass is 16.3. The number of carbonyl (C=O) groups excluding carboxylic acids is 2. The lowest BCUT2D eigenvalue weighted by molar-refractivity contribution is -0.132. The molecule has 1 saturated heterocycles. The molecule has 0 aromatic heterocycles. The number of carbonyl (C=O) groups is 2. The van der Waals surface area contributed by atoms with E-state index in [2.05, 4.69) is 0 Å². The van der Waals surface area contributed by atoms with E-state index in [1.165, 1.54) is 4.90 Å². The summed E-state index contributed by atoms with van der Waals surface area (Å²) in [5.74, 6) is 0.117. The molecule has 0 radical (unpaired) electrons. The minimum atomic E-state index is -0.512. The van der Waals surface area contributed by atoms with Crippen molar-refractivity contribution in [2.45, 2.75) is 32.3 Å². The number of aliphatic hydroxyl groups excluding tert-OH is 1. The van der Waals surface area contributed by atoms with Crippen LogP contribution in [0.5, 0.6) is 0 Å². The van der Waals surface area contributed by atoms with Crippen molar-refractivity contribution in [3.63, 3.8) is 0 Å². The standard InChI is InChI=1S/C11H20N2O3/c1-9(14)8-12(2)10(15)5-7-13-6-3-4-11(13)16/h9,14H,3-8H2,1-2H3. The Morgan fingerprint density at radius 2 is 2.31 bits per heavy atom. The van der Waals surface area contributed by atoms with Gasteiger partial charge in [0.1, 0.15) is 0 Å². The van der Waals surface area contributed by atoms with Crippen LogP contribution in [0.25, 0.3) is 0 Å². The van der Waals surface area contributed by atoms with E-state index >= 15 is 0 Å². The number of hydrogen-bond acceptors (Lipinski definition) is 3. The quantitative estimate of drug-likeness (QED) is 0.711. The first kappa shape index (κ1) is 13.0. The Morgan fingerprint density at radius 3 is 2.81 bits per heavy atom. The smallest absolute Gasteiger partial charge is 0.224 e. The predicted molar refractivity (Wildman–Crippen MR) is 59.7 cm³/mol. The van der Waals surface area contributed by atoms with Crippen molar-refractivity contribution >= 4 is 11.8 Å². The van der Waals surface area contributed by atoms with Crippen LogP contribution >= 0.6 is 0 Å². The van der Waals surface area contributed by atoms with Crippen LogP contribution in [0.15, 0.2) is 0 Å². The van der Waals surface area contributed by atoms with Gasteiger partial charge in [-0.2, -0.15) is 0 Å². The number of likely N-dealkylation sites (N-methyl/N-ethyl adjacent to an activating group) is 1. The van der Waals surface area contributed by atoms with Gasteiger partial charge in [-0.3, -0.25) is 9.59 Å². The Morgan fingerprint density at radius 1 is 1.62 bits per heavy atom. The van der Waals surface area contributed by atoms with Crippen LogP contribution < -0.4 is 0 Å². The summed E-state index contributed by atoms with van der Waals surface area (Å²) in [5.41, 5.74) is 0. The highest BCUT2D eigenvalue weighted by Gasteiger charge is 2.21. The van der Waals surface area contributed by atoms with Crippen molar-refractivity contribution in [2.24, 2.45) is 0 Å². The van der Waals surface area contributed by atoms with Gasteiger partial charge in [0.15, 0.2) is 0 Å². The molecule has 5 heteroatoms. The molecule has 1 heterocycles. The van der Waals surface area contributed by atoms with Crippen molar-refractivity contribution in [1.29, 1.82) is 0 Å². The fourth-order valence-electron chi connectivity index (χ4n) is 1.86. The van der Waals surface area contributed by atoms with E-state index in [1.54, 1.807) is 18.9 Å². The zero-order valence-corrected chi connectivity index (χ0v) is 9.98. The lowest BCUT2D eigenvalue weighted by Gasteiger charge is -2.21. The van der Waals surface area contributed by atoms with Crippen LogP contribution in [-0.4, -0.2) is 59.5 Å². The van der Waals surface area contributed by atoms with Gasteiger partial charge in [0.25, 0.3) is 0 Å². The summed E-state index contributed by atoms with van der Waals surface area (Å²) in [6.07, 6.45) is 1.34. The van der Waals surface area contributed by atoms with Gasteiger partial charge >= 0.3 is 0 Å². The Labute approximate surface area is 96.0 Å². The summed E-state index contributed by atoms with van der Waals surface area (Å²) in [6, 6.07) is 0. The number of likely N-dealkylation sites (tertiary alicyclic amines) is 1. The number of nitrogens with zero attached hydrogens (tertiary/aromatic N) is 2. The van der Waals surface area contributed by atoms with Gasteiger partial charge in [-0.25, -0.2) is 0 Å². The van der Waals surface area contributed by atoms with E-state index in [-0.39, 0.29) is 11.8 Å². The second kappa shape index (κ2) is 5.84. The molecule has 1 aliphatic rings. The minimum Gasteiger partial charge on any atom is -0.392 e. The van der Waals surface area contributed by atoms with E-state index in [9.17, 15) is 9.59 Å². The Hall–Kier alpha value is -1.10. The average Bonchev–Trinajstić information content (AvgIpc) is 2.59. The van der Waals surface area contributed by atoms with Crippen molar-refractivity contribution < 1.29 is 14.7 Å². The molecule has 2 amide bonds. The summed E-state index contributed by atoms with van der Waals surface area (Å²) < 4.78 is 0. The number of aliphatic hydroxyl groups is 1. The molecule has 1 rings (SSSR count). The Balaban J connectivity index is 2.26. The van der Waals surface area contributed by atoms with E-state index in [0.29, 0.717) is 25.9 Å². The molecule has 0 bridgehead atoms. The molecule has 92 valence electrons. The van der Waals surface area contributed by atoms with Gasteiger partial charge < -0.3 is 14.9 Å². The maximum absolute atomic E-state index is 11.6. The highest BCUT2D eigenvalue weighted by molar-refractivity contribution is 5.80. The van der Waals surface area contributed by atoms with E-state index in [0.717, 1.165) is 13.0 Å². The number of amides is 2. The topological polar surface area (TPSA) is 60.9 Å². The zero-order valence-electron chi connectivity index (χ0n) is 9.98. The SMILES string of the molecule is CC(O)CN(C)C(=O)CCN1CCCC1=O. The summed E-state index contributed by atoms with van der Waals surface area (Å²) in [4.78, 5) is 26.1. The molecular formula is C11H20N2O3. The number of rotatable bonds is 5. The Kier molecular flexibility index (Phi) is 4.73. The van der Waals surface area contributed by atoms with Gasteiger partial charge in [-0.15, -0.1) is 0 Å². The summed E-state index contributed by atoms with van der Waals surface area (Å²) >= 11 is 0. The monoisotopic (exact) mass is 228 g/mol. The molecule has 1 aliphatic heterocycles. The minimum absolute atomic E-state index is 0.0272. The van der Waals surface area contributed by atoms with Gasteiger partial charge in [0.05, 0.1) is 6.10 Å². The largest absolute Gasteiger partial charge is 0.392 e. The highest BCUT2D eigenvalue weighted by Crippen LogP contribution is 2.10. The average molecular weight is 228 g/mol. The third-order valence-corrected chi connectivity index (χ3v) is 2.73. The van der Waals surface area contributed by atoms with Crippen LogP contribution in [0.3, 0.4) is 0 Å². The first-order valence-electron chi connectivity index (χ1n) is 5.70. The van der Waals surface area contributed by atoms with Crippen LogP contribution in [0.4, 0.5) is 0 Å². The van der Waals surface area contributed by atoms with Crippen molar-refractivity contribution in [2.75, 3.05) is 26.7 Å². The van der Waals surface area contributed by atoms with Gasteiger partial charge in [0, 0.05) is 39.5 Å². The molecule has 0 aliphatic carbocycles. The summed E-state index contributed by atoms with van der Waals surface area (Å²) in [5, 5.41) is 9.14. The van der Waals surface area contributed by atoms with Gasteiger partial charge in [-0.1, -0.05) is 0 Å². The zero-order chi connectivity index (χ0) is 12.1. The molecule has 1 fully saturated rings. The second-order valence-corrected chi connectivity index (χ2v) is 4.36. The van der Waals surface area contributed by atoms with Crippen LogP contribution in [-0.2, 0) is 9.59 Å². The fourth-order valence-corrected chi connectivity index (χ4v) is 1.86. The van der Waals surface area contributed by atoms with Crippen LogP contribution in [0.2, 0.25) is 0 Å². The van der Waals surface area contributed by atoms with Crippen LogP contribution in [0.1, 0.15) is 26.2 Å². The predicted octanol–water partition coefficient (Wildman–Crippen LogP) is -0.162. The second-order valence-electron chi connectivity index (χ2n) is 4.36. The lowest BCUT2D eigenvalue weighted by Crippen LogP contribution is -2.36. The molecule has 1 unspecified atom stereocenters. The van der Waals surface area contributed by atoms with Gasteiger partial charge in [0.2, 0.25) is 11.8 Å². The third kappa shape index (κ3) is 3.81. The van der Waals surface area contributed by atoms with E-state index < -0.39 is 6.10 Å². The molecule has 1 N–H and O–H groups in total. The van der Waals surface area contributed by atoms with Crippen LogP contribution in [0, 0.1) is 0 Å². The Bertz CT molecular complexity index is 266. The molecule has 5 nitrogen and oxygen atoms in total. The van der Waals surface area contributed by atoms with E-state index in [1.807, 2.05) is 0 Å². The first-order chi connectivity index (χ1) is 7.50. The molecule has 0 saturated carbocycles. The molecule has 16 heavy (non-hydrogen) atoms. The van der Waals surface area contributed by atoms with Gasteiger partial charge in [-0.05, 0) is 13.3 Å². The van der Waals surface area contributed by atoms with E-state index in [4.69, 9.17) is 5.11 Å². The van der Waals surface area contributed by atoms with Crippen molar-refractivity contribution in [3.05, 3.63) is 0 Å². The molecule has 0 aromatic rings. The van der Waals surface area contributed by atoms with Crippen molar-refractivity contribution in [3.8, 4) is 0 Å². The normalized spacial score (nSPS) is 17.7. The molecular weight excluding hydrogens is 208 g/mol. The molecule has 0 aromatic carbocycles. The first-order valence-corrected chi connectivity index (χ1v) is 5.70. The summed E-state index contributed by atoms with van der Waals surface area (Å²) in [6.45, 7) is 3.26. The van der Waals surface area contributed by atoms with Crippen molar-refractivity contribution in [1.82, 2.24) is 9.80 Å². The fraction of sp³-hybridized carbons (Fsp3) is 0.818. The summed E-state index contributed by atoms with van der Waals surface area (Å²) in [7, 11) is 1.67. The molecule has 0 spiro atoms. The number of hydrogen-bond donors (Lipinski definition) is 1. The maximum Gasteiger partial charge on any atom is 0.224 e. The molecule has 1 atom stereocenters. The maximum atomic E-state index is 11.6. The third-order valence-electron chi connectivity index (χ3n) is 2.73.